The molecule has 34 heavy (non-hydrogen) atoms. The van der Waals surface area contributed by atoms with Gasteiger partial charge in [0, 0.05) is 16.1 Å². The zero-order valence-electron chi connectivity index (χ0n) is 16.9. The van der Waals surface area contributed by atoms with Gasteiger partial charge in [-0.05, 0) is 48.2 Å². The highest BCUT2D eigenvalue weighted by Gasteiger charge is 2.37. The Hall–Kier alpha value is -3.39. The lowest BCUT2D eigenvalue weighted by Crippen LogP contribution is -2.34. The summed E-state index contributed by atoms with van der Waals surface area (Å²) >= 11 is 3.78. The topological polar surface area (TPSA) is 116 Å². The van der Waals surface area contributed by atoms with Crippen LogP contribution >= 0.6 is 27.7 Å². The first-order chi connectivity index (χ1) is 15.9. The quantitative estimate of drug-likeness (QED) is 0.200. The Morgan fingerprint density at radius 3 is 2.50 bits per heavy atom. The second-order valence-corrected chi connectivity index (χ2v) is 8.47. The standard InChI is InChI=1S/C20H12BrF3N2O7S/c1-32-17(27)9-25-18(28)16(34-19(25)29)7-10-6-12(21)3-5-14(10)33-15-4-2-11(20(22,23)24)8-13(15)26(30)31/h2-8H,9H2,1H3/b16-7-. The fourth-order valence-electron chi connectivity index (χ4n) is 2.74. The van der Waals surface area contributed by atoms with Crippen LogP contribution in [0.15, 0.2) is 45.8 Å². The number of halogens is 4. The van der Waals surface area contributed by atoms with Crippen molar-refractivity contribution in [3.63, 3.8) is 0 Å². The number of amides is 2. The van der Waals surface area contributed by atoms with Crippen molar-refractivity contribution >= 4 is 56.6 Å². The van der Waals surface area contributed by atoms with Crippen LogP contribution in [0.25, 0.3) is 6.08 Å². The van der Waals surface area contributed by atoms with Crippen molar-refractivity contribution < 1.29 is 42.0 Å². The highest BCUT2D eigenvalue weighted by atomic mass is 79.9. The summed E-state index contributed by atoms with van der Waals surface area (Å²) in [6.07, 6.45) is -3.53. The van der Waals surface area contributed by atoms with Crippen molar-refractivity contribution in [1.29, 1.82) is 0 Å². The third kappa shape index (κ3) is 5.56. The monoisotopic (exact) mass is 560 g/mol. The van der Waals surface area contributed by atoms with E-state index in [-0.39, 0.29) is 16.2 Å². The van der Waals surface area contributed by atoms with Gasteiger partial charge in [-0.3, -0.25) is 29.4 Å². The van der Waals surface area contributed by atoms with Gasteiger partial charge in [-0.1, -0.05) is 15.9 Å². The van der Waals surface area contributed by atoms with E-state index in [2.05, 4.69) is 20.7 Å². The smallest absolute Gasteiger partial charge is 0.416 e. The lowest BCUT2D eigenvalue weighted by atomic mass is 10.1. The number of benzene rings is 2. The van der Waals surface area contributed by atoms with Gasteiger partial charge in [-0.2, -0.15) is 13.2 Å². The SMILES string of the molecule is COC(=O)CN1C(=O)S/C(=C\c2cc(Br)ccc2Oc2ccc(C(F)(F)F)cc2[N+](=O)[O-])C1=O. The Kier molecular flexibility index (Phi) is 7.31. The second kappa shape index (κ2) is 9.85. The molecule has 14 heteroatoms. The minimum Gasteiger partial charge on any atom is -0.468 e. The molecule has 0 aromatic heterocycles. The maximum atomic E-state index is 13.0. The van der Waals surface area contributed by atoms with Crippen LogP contribution in [0.4, 0.5) is 23.7 Å². The number of ether oxygens (including phenoxy) is 2. The van der Waals surface area contributed by atoms with Crippen molar-refractivity contribution in [1.82, 2.24) is 4.90 Å². The third-order valence-corrected chi connectivity index (χ3v) is 5.75. The van der Waals surface area contributed by atoms with Gasteiger partial charge < -0.3 is 9.47 Å². The molecule has 1 aliphatic heterocycles. The van der Waals surface area contributed by atoms with Gasteiger partial charge in [0.05, 0.1) is 22.5 Å². The average Bonchev–Trinajstić information content (AvgIpc) is 3.02. The Morgan fingerprint density at radius 2 is 1.88 bits per heavy atom. The van der Waals surface area contributed by atoms with E-state index in [0.717, 1.165) is 13.2 Å². The second-order valence-electron chi connectivity index (χ2n) is 6.57. The first-order valence-corrected chi connectivity index (χ1v) is 10.7. The van der Waals surface area contributed by atoms with Gasteiger partial charge in [0.15, 0.2) is 0 Å². The van der Waals surface area contributed by atoms with Crippen molar-refractivity contribution in [3.05, 3.63) is 67.0 Å². The molecule has 0 spiro atoms. The molecular formula is C20H12BrF3N2O7S. The summed E-state index contributed by atoms with van der Waals surface area (Å²) in [5.74, 6) is -2.07. The lowest BCUT2D eigenvalue weighted by Gasteiger charge is -2.12. The number of hydrogen-bond donors (Lipinski definition) is 0. The molecular weight excluding hydrogens is 549 g/mol. The Balaban J connectivity index is 1.99. The summed E-state index contributed by atoms with van der Waals surface area (Å²) in [7, 11) is 1.10. The number of carbonyl (C=O) groups excluding carboxylic acids is 3. The van der Waals surface area contributed by atoms with Crippen LogP contribution in [0.1, 0.15) is 11.1 Å². The molecule has 0 unspecified atom stereocenters. The number of carbonyl (C=O) groups is 3. The maximum Gasteiger partial charge on any atom is 0.416 e. The van der Waals surface area contributed by atoms with Gasteiger partial charge in [0.2, 0.25) is 5.75 Å². The van der Waals surface area contributed by atoms with E-state index in [1.807, 2.05) is 0 Å². The van der Waals surface area contributed by atoms with E-state index in [4.69, 9.17) is 4.74 Å². The van der Waals surface area contributed by atoms with Crippen molar-refractivity contribution in [3.8, 4) is 11.5 Å². The van der Waals surface area contributed by atoms with E-state index < -0.39 is 51.8 Å². The first-order valence-electron chi connectivity index (χ1n) is 9.06. The molecule has 2 aromatic carbocycles. The lowest BCUT2D eigenvalue weighted by molar-refractivity contribution is -0.385. The number of thioether (sulfide) groups is 1. The predicted octanol–water partition coefficient (Wildman–Crippen LogP) is 5.38. The van der Waals surface area contributed by atoms with E-state index in [9.17, 15) is 37.7 Å². The Labute approximate surface area is 201 Å². The highest BCUT2D eigenvalue weighted by Crippen LogP contribution is 2.40. The van der Waals surface area contributed by atoms with Crippen molar-refractivity contribution in [2.24, 2.45) is 0 Å². The minimum absolute atomic E-state index is 0.0363. The number of alkyl halides is 3. The number of hydrogen-bond acceptors (Lipinski definition) is 8. The molecule has 2 aromatic rings. The van der Waals surface area contributed by atoms with Gasteiger partial charge in [0.25, 0.3) is 11.1 Å². The molecule has 1 fully saturated rings. The summed E-state index contributed by atoms with van der Waals surface area (Å²) in [6, 6.07) is 6.16. The number of esters is 1. The Morgan fingerprint density at radius 1 is 1.21 bits per heavy atom. The summed E-state index contributed by atoms with van der Waals surface area (Å²) in [5, 5.41) is 10.6. The van der Waals surface area contributed by atoms with E-state index in [0.29, 0.717) is 33.3 Å². The average molecular weight is 561 g/mol. The fraction of sp³-hybridized carbons (Fsp3) is 0.150. The maximum absolute atomic E-state index is 13.0. The van der Waals surface area contributed by atoms with Crippen LogP contribution in [0.2, 0.25) is 0 Å². The largest absolute Gasteiger partial charge is 0.468 e. The minimum atomic E-state index is -4.79. The fourth-order valence-corrected chi connectivity index (χ4v) is 3.95. The van der Waals surface area contributed by atoms with E-state index in [1.165, 1.54) is 24.3 Å². The Bertz CT molecular complexity index is 1230. The molecule has 0 bridgehead atoms. The van der Waals surface area contributed by atoms with Crippen LogP contribution in [0, 0.1) is 10.1 Å². The molecule has 0 N–H and O–H groups in total. The molecule has 1 saturated heterocycles. The van der Waals surface area contributed by atoms with Crippen molar-refractivity contribution in [2.75, 3.05) is 13.7 Å². The van der Waals surface area contributed by atoms with Crippen LogP contribution in [-0.4, -0.2) is 40.6 Å². The molecule has 0 atom stereocenters. The van der Waals surface area contributed by atoms with E-state index >= 15 is 0 Å². The van der Waals surface area contributed by atoms with Crippen LogP contribution < -0.4 is 4.74 Å². The van der Waals surface area contributed by atoms with Crippen LogP contribution in [-0.2, 0) is 20.5 Å². The van der Waals surface area contributed by atoms with Gasteiger partial charge in [0.1, 0.15) is 12.3 Å². The van der Waals surface area contributed by atoms with Crippen molar-refractivity contribution in [2.45, 2.75) is 6.18 Å². The molecule has 9 nitrogen and oxygen atoms in total. The molecule has 178 valence electrons. The van der Waals surface area contributed by atoms with Gasteiger partial charge in [-0.15, -0.1) is 0 Å². The summed E-state index contributed by atoms with van der Waals surface area (Å²) in [5.41, 5.74) is -1.95. The zero-order chi connectivity index (χ0) is 25.2. The number of nitrogens with zero attached hydrogens (tertiary/aromatic N) is 2. The summed E-state index contributed by atoms with van der Waals surface area (Å²) < 4.78 is 49.4. The van der Waals surface area contributed by atoms with Gasteiger partial charge >= 0.3 is 17.8 Å². The summed E-state index contributed by atoms with van der Waals surface area (Å²) in [4.78, 5) is 47.1. The molecule has 1 aliphatic rings. The predicted molar refractivity (Wildman–Crippen MR) is 117 cm³/mol. The third-order valence-electron chi connectivity index (χ3n) is 4.35. The molecule has 3 rings (SSSR count). The highest BCUT2D eigenvalue weighted by molar-refractivity contribution is 9.10. The molecule has 0 saturated carbocycles. The summed E-state index contributed by atoms with van der Waals surface area (Å²) in [6.45, 7) is -0.585. The molecule has 2 amide bonds. The van der Waals surface area contributed by atoms with Gasteiger partial charge in [-0.25, -0.2) is 0 Å². The van der Waals surface area contributed by atoms with Crippen LogP contribution in [0.3, 0.4) is 0 Å². The van der Waals surface area contributed by atoms with E-state index in [1.54, 1.807) is 0 Å². The van der Waals surface area contributed by atoms with Crippen LogP contribution in [0.5, 0.6) is 11.5 Å². The molecule has 1 heterocycles. The normalized spacial score (nSPS) is 15.1. The first kappa shape index (κ1) is 25.2. The molecule has 0 aliphatic carbocycles. The molecule has 0 radical (unpaired) electrons. The number of nitro groups is 1. The number of methoxy groups -OCH3 is 1. The number of rotatable bonds is 6. The zero-order valence-corrected chi connectivity index (χ0v) is 19.3. The number of imide groups is 1. The number of nitro benzene ring substituents is 1.